The fraction of sp³-hybridized carbons (Fsp3) is 0.154. The van der Waals surface area contributed by atoms with Gasteiger partial charge in [-0.15, -0.1) is 0 Å². The average molecular weight is 464 g/mol. The van der Waals surface area contributed by atoms with E-state index in [0.717, 1.165) is 40.9 Å². The number of para-hydroxylation sites is 1. The van der Waals surface area contributed by atoms with Crippen molar-refractivity contribution >= 4 is 51.4 Å². The van der Waals surface area contributed by atoms with Crippen molar-refractivity contribution in [1.82, 2.24) is 4.98 Å². The number of fused-ring (bicyclic) bond motifs is 1. The molecule has 0 saturated heterocycles. The number of aromatic nitrogens is 1. The fourth-order valence-electron chi connectivity index (χ4n) is 3.74. The molecule has 0 atom stereocenters. The average Bonchev–Trinajstić information content (AvgIpc) is 2.80. The Morgan fingerprint density at radius 1 is 0.938 bits per heavy atom. The van der Waals surface area contributed by atoms with Gasteiger partial charge in [0.05, 0.1) is 21.8 Å². The van der Waals surface area contributed by atoms with Crippen LogP contribution in [0.5, 0.6) is 0 Å². The molecule has 0 saturated carbocycles. The van der Waals surface area contributed by atoms with Gasteiger partial charge < -0.3 is 10.2 Å². The molecular weight excluding hydrogens is 441 g/mol. The largest absolute Gasteiger partial charge is 0.372 e. The summed E-state index contributed by atoms with van der Waals surface area (Å²) in [5, 5.41) is 4.82. The number of carbonyl (C=O) groups is 1. The molecule has 6 heteroatoms. The van der Waals surface area contributed by atoms with Crippen molar-refractivity contribution in [2.24, 2.45) is 0 Å². The van der Waals surface area contributed by atoms with E-state index in [1.807, 2.05) is 54.6 Å². The molecule has 0 fully saturated rings. The second kappa shape index (κ2) is 9.60. The number of benzene rings is 3. The van der Waals surface area contributed by atoms with Crippen molar-refractivity contribution in [1.29, 1.82) is 0 Å². The third-order valence-electron chi connectivity index (χ3n) is 5.42. The van der Waals surface area contributed by atoms with Gasteiger partial charge in [-0.05, 0) is 68.4 Å². The number of hydrogen-bond donors (Lipinski definition) is 1. The van der Waals surface area contributed by atoms with E-state index < -0.39 is 0 Å². The number of nitrogens with one attached hydrogen (secondary N) is 1. The lowest BCUT2D eigenvalue weighted by atomic mass is 10.0. The number of halogens is 2. The first-order valence-corrected chi connectivity index (χ1v) is 11.3. The first kappa shape index (κ1) is 22.1. The first-order valence-electron chi connectivity index (χ1n) is 10.5. The number of anilines is 2. The molecule has 32 heavy (non-hydrogen) atoms. The molecular formula is C26H23Cl2N3O. The summed E-state index contributed by atoms with van der Waals surface area (Å²) < 4.78 is 0. The SMILES string of the molecule is CCN(CC)c1ccc(NC(=O)c2cc(-c3ccc(Cl)cc3Cl)nc3ccccc23)cc1. The van der Waals surface area contributed by atoms with Crippen molar-refractivity contribution in [3.05, 3.63) is 88.4 Å². The molecule has 0 radical (unpaired) electrons. The maximum Gasteiger partial charge on any atom is 0.256 e. The van der Waals surface area contributed by atoms with E-state index in [4.69, 9.17) is 28.2 Å². The Hall–Kier alpha value is -3.08. The predicted molar refractivity (Wildman–Crippen MR) is 135 cm³/mol. The predicted octanol–water partition coefficient (Wildman–Crippen LogP) is 7.31. The van der Waals surface area contributed by atoms with Crippen LogP contribution in [0.1, 0.15) is 24.2 Å². The summed E-state index contributed by atoms with van der Waals surface area (Å²) in [6.45, 7) is 6.11. The number of amides is 1. The van der Waals surface area contributed by atoms with Gasteiger partial charge in [-0.25, -0.2) is 4.98 Å². The molecule has 0 aliphatic rings. The van der Waals surface area contributed by atoms with Gasteiger partial charge in [-0.3, -0.25) is 4.79 Å². The molecule has 0 unspecified atom stereocenters. The Morgan fingerprint density at radius 2 is 1.66 bits per heavy atom. The molecule has 0 aliphatic carbocycles. The lowest BCUT2D eigenvalue weighted by Gasteiger charge is -2.21. The zero-order chi connectivity index (χ0) is 22.7. The second-order valence-electron chi connectivity index (χ2n) is 7.37. The van der Waals surface area contributed by atoms with E-state index in [-0.39, 0.29) is 5.91 Å². The van der Waals surface area contributed by atoms with Gasteiger partial charge in [-0.2, -0.15) is 0 Å². The highest BCUT2D eigenvalue weighted by atomic mass is 35.5. The minimum absolute atomic E-state index is 0.203. The van der Waals surface area contributed by atoms with Gasteiger partial charge in [-0.1, -0.05) is 41.4 Å². The first-order chi connectivity index (χ1) is 15.5. The van der Waals surface area contributed by atoms with E-state index in [0.29, 0.717) is 21.3 Å². The number of pyridine rings is 1. The monoisotopic (exact) mass is 463 g/mol. The molecule has 1 heterocycles. The van der Waals surface area contributed by atoms with Gasteiger partial charge in [0.25, 0.3) is 5.91 Å². The van der Waals surface area contributed by atoms with Crippen molar-refractivity contribution in [3.63, 3.8) is 0 Å². The van der Waals surface area contributed by atoms with Crippen LogP contribution in [0.25, 0.3) is 22.2 Å². The van der Waals surface area contributed by atoms with E-state index >= 15 is 0 Å². The number of carbonyl (C=O) groups excluding carboxylic acids is 1. The Balaban J connectivity index is 1.70. The molecule has 0 aliphatic heterocycles. The van der Waals surface area contributed by atoms with Crippen LogP contribution in [0.15, 0.2) is 72.8 Å². The number of nitrogens with zero attached hydrogens (tertiary/aromatic N) is 2. The van der Waals surface area contributed by atoms with Crippen molar-refractivity contribution in [3.8, 4) is 11.3 Å². The molecule has 1 N–H and O–H groups in total. The quantitative estimate of drug-likeness (QED) is 0.326. The van der Waals surface area contributed by atoms with Crippen molar-refractivity contribution in [2.45, 2.75) is 13.8 Å². The minimum atomic E-state index is -0.203. The van der Waals surface area contributed by atoms with Gasteiger partial charge in [0.2, 0.25) is 0 Å². The zero-order valence-corrected chi connectivity index (χ0v) is 19.4. The summed E-state index contributed by atoms with van der Waals surface area (Å²) in [4.78, 5) is 20.3. The molecule has 4 rings (SSSR count). The lowest BCUT2D eigenvalue weighted by Crippen LogP contribution is -2.21. The Bertz CT molecular complexity index is 1270. The smallest absolute Gasteiger partial charge is 0.256 e. The van der Waals surface area contributed by atoms with Gasteiger partial charge in [0.15, 0.2) is 0 Å². The molecule has 3 aromatic carbocycles. The van der Waals surface area contributed by atoms with Crippen LogP contribution >= 0.6 is 23.2 Å². The normalized spacial score (nSPS) is 10.9. The van der Waals surface area contributed by atoms with Crippen LogP contribution in [-0.2, 0) is 0 Å². The van der Waals surface area contributed by atoms with E-state index in [1.165, 1.54) is 0 Å². The Labute approximate surface area is 197 Å². The Morgan fingerprint density at radius 3 is 2.34 bits per heavy atom. The van der Waals surface area contributed by atoms with Crippen LogP contribution in [0.3, 0.4) is 0 Å². The number of hydrogen-bond acceptors (Lipinski definition) is 3. The molecule has 4 aromatic rings. The second-order valence-corrected chi connectivity index (χ2v) is 8.21. The third kappa shape index (κ3) is 4.57. The Kier molecular flexibility index (Phi) is 6.63. The van der Waals surface area contributed by atoms with Crippen LogP contribution in [-0.4, -0.2) is 24.0 Å². The van der Waals surface area contributed by atoms with Gasteiger partial charge in [0.1, 0.15) is 0 Å². The van der Waals surface area contributed by atoms with Crippen LogP contribution in [0.2, 0.25) is 10.0 Å². The molecule has 0 bridgehead atoms. The summed E-state index contributed by atoms with van der Waals surface area (Å²) >= 11 is 12.5. The number of rotatable bonds is 6. The van der Waals surface area contributed by atoms with E-state index in [1.54, 1.807) is 18.2 Å². The van der Waals surface area contributed by atoms with Gasteiger partial charge >= 0.3 is 0 Å². The molecule has 1 amide bonds. The van der Waals surface area contributed by atoms with Crippen LogP contribution in [0.4, 0.5) is 11.4 Å². The van der Waals surface area contributed by atoms with Crippen LogP contribution in [0, 0.1) is 0 Å². The lowest BCUT2D eigenvalue weighted by molar-refractivity contribution is 0.102. The standard InChI is InChI=1S/C26H23Cl2N3O/c1-3-31(4-2)19-12-10-18(11-13-19)29-26(32)22-16-25(21-14-9-17(27)15-23(21)28)30-24-8-6-5-7-20(22)24/h5-16H,3-4H2,1-2H3,(H,29,32). The fourth-order valence-corrected chi connectivity index (χ4v) is 4.25. The highest BCUT2D eigenvalue weighted by molar-refractivity contribution is 6.36. The van der Waals surface area contributed by atoms with E-state index in [9.17, 15) is 4.79 Å². The minimum Gasteiger partial charge on any atom is -0.372 e. The highest BCUT2D eigenvalue weighted by Crippen LogP contribution is 2.32. The summed E-state index contributed by atoms with van der Waals surface area (Å²) in [5.74, 6) is -0.203. The van der Waals surface area contributed by atoms with Crippen molar-refractivity contribution < 1.29 is 4.79 Å². The molecule has 1 aromatic heterocycles. The molecule has 162 valence electrons. The zero-order valence-electron chi connectivity index (χ0n) is 17.9. The summed E-state index contributed by atoms with van der Waals surface area (Å²) in [5.41, 5.74) is 4.45. The van der Waals surface area contributed by atoms with Crippen LogP contribution < -0.4 is 10.2 Å². The topological polar surface area (TPSA) is 45.2 Å². The molecule has 0 spiro atoms. The van der Waals surface area contributed by atoms with E-state index in [2.05, 4.69) is 24.1 Å². The highest BCUT2D eigenvalue weighted by Gasteiger charge is 2.16. The summed E-state index contributed by atoms with van der Waals surface area (Å²) in [7, 11) is 0. The van der Waals surface area contributed by atoms with Crippen molar-refractivity contribution in [2.75, 3.05) is 23.3 Å². The summed E-state index contributed by atoms with van der Waals surface area (Å²) in [6.07, 6.45) is 0. The maximum atomic E-state index is 13.3. The third-order valence-corrected chi connectivity index (χ3v) is 5.97. The maximum absolute atomic E-state index is 13.3. The molecule has 4 nitrogen and oxygen atoms in total. The van der Waals surface area contributed by atoms with Gasteiger partial charge in [0, 0.05) is 40.4 Å². The summed E-state index contributed by atoms with van der Waals surface area (Å²) in [6, 6.07) is 22.5.